The van der Waals surface area contributed by atoms with Crippen LogP contribution in [0.3, 0.4) is 0 Å². The van der Waals surface area contributed by atoms with Crippen molar-refractivity contribution >= 4 is 15.9 Å². The van der Waals surface area contributed by atoms with Gasteiger partial charge in [0.2, 0.25) is 0 Å². The molecular weight excluding hydrogens is 297 g/mol. The van der Waals surface area contributed by atoms with E-state index in [2.05, 4.69) is 15.9 Å². The van der Waals surface area contributed by atoms with E-state index in [0.717, 1.165) is 19.3 Å². The average molecular weight is 315 g/mol. The van der Waals surface area contributed by atoms with E-state index in [9.17, 15) is 13.2 Å². The molecule has 0 aromatic heterocycles. The zero-order valence-corrected chi connectivity index (χ0v) is 11.3. The van der Waals surface area contributed by atoms with Crippen molar-refractivity contribution in [3.63, 3.8) is 0 Å². The Hall–Kier alpha value is 0.230. The number of halogens is 4. The maximum Gasteiger partial charge on any atom is 0.391 e. The van der Waals surface area contributed by atoms with Crippen LogP contribution in [0.5, 0.6) is 0 Å². The number of ether oxygens (including phenoxy) is 1. The second-order valence-corrected chi connectivity index (χ2v) is 6.33. The molecule has 2 atom stereocenters. The minimum atomic E-state index is -4.10. The van der Waals surface area contributed by atoms with Gasteiger partial charge in [-0.1, -0.05) is 35.2 Å². The molecule has 2 saturated carbocycles. The summed E-state index contributed by atoms with van der Waals surface area (Å²) in [5.74, 6) is 0. The minimum absolute atomic E-state index is 0.0366. The Kier molecular flexibility index (Phi) is 4.08. The molecule has 0 amide bonds. The molecule has 2 unspecified atom stereocenters. The highest BCUT2D eigenvalue weighted by Crippen LogP contribution is 2.56. The normalized spacial score (nSPS) is 32.5. The fourth-order valence-electron chi connectivity index (χ4n) is 3.09. The van der Waals surface area contributed by atoms with E-state index >= 15 is 0 Å². The molecule has 1 nitrogen and oxygen atoms in total. The first kappa shape index (κ1) is 13.7. The Morgan fingerprint density at radius 3 is 2.35 bits per heavy atom. The van der Waals surface area contributed by atoms with E-state index in [-0.39, 0.29) is 18.1 Å². The first-order valence-electron chi connectivity index (χ1n) is 6.26. The maximum absolute atomic E-state index is 12.0. The standard InChI is InChI=1S/C12H18BrF3O/c13-9-8-10(17-7-6-12(14,15)16)11(9)4-2-1-3-5-11/h9-10H,1-8H2. The van der Waals surface area contributed by atoms with E-state index in [0.29, 0.717) is 4.83 Å². The van der Waals surface area contributed by atoms with E-state index in [1.54, 1.807) is 0 Å². The highest BCUT2D eigenvalue weighted by molar-refractivity contribution is 9.09. The van der Waals surface area contributed by atoms with Crippen LogP contribution in [0, 0.1) is 5.41 Å². The third-order valence-corrected chi connectivity index (χ3v) is 5.46. The third kappa shape index (κ3) is 2.98. The van der Waals surface area contributed by atoms with Gasteiger partial charge in [0.05, 0.1) is 19.1 Å². The molecule has 2 aliphatic rings. The Bertz CT molecular complexity index is 261. The number of hydrogen-bond acceptors (Lipinski definition) is 1. The van der Waals surface area contributed by atoms with Crippen molar-refractivity contribution in [1.82, 2.24) is 0 Å². The smallest absolute Gasteiger partial charge is 0.377 e. The summed E-state index contributed by atoms with van der Waals surface area (Å²) in [4.78, 5) is 0.436. The van der Waals surface area contributed by atoms with Crippen LogP contribution >= 0.6 is 15.9 Å². The van der Waals surface area contributed by atoms with Crippen LogP contribution in [0.2, 0.25) is 0 Å². The SMILES string of the molecule is FC(F)(F)CCOC1CC(Br)C12CCCCC2. The summed E-state index contributed by atoms with van der Waals surface area (Å²) in [5.41, 5.74) is 0.129. The van der Waals surface area contributed by atoms with Crippen LogP contribution in [-0.2, 0) is 4.74 Å². The second kappa shape index (κ2) is 5.08. The Morgan fingerprint density at radius 2 is 1.82 bits per heavy atom. The second-order valence-electron chi connectivity index (χ2n) is 5.22. The van der Waals surface area contributed by atoms with Crippen molar-refractivity contribution < 1.29 is 17.9 Å². The van der Waals surface area contributed by atoms with Crippen molar-refractivity contribution in [2.75, 3.05) is 6.61 Å². The largest absolute Gasteiger partial charge is 0.391 e. The molecule has 0 aliphatic heterocycles. The monoisotopic (exact) mass is 314 g/mol. The predicted octanol–water partition coefficient (Wildman–Crippen LogP) is 4.44. The molecule has 2 rings (SSSR count). The topological polar surface area (TPSA) is 9.23 Å². The molecule has 1 spiro atoms. The zero-order chi connectivity index (χ0) is 12.5. The lowest BCUT2D eigenvalue weighted by molar-refractivity contribution is -0.171. The quantitative estimate of drug-likeness (QED) is 0.700. The van der Waals surface area contributed by atoms with E-state index in [1.807, 2.05) is 0 Å². The lowest BCUT2D eigenvalue weighted by Crippen LogP contribution is -2.56. The Balaban J connectivity index is 1.81. The molecule has 0 saturated heterocycles. The summed E-state index contributed by atoms with van der Waals surface area (Å²) in [6.07, 6.45) is 1.77. The molecule has 0 aromatic rings. The van der Waals surface area contributed by atoms with Crippen molar-refractivity contribution in [1.29, 1.82) is 0 Å². The summed E-state index contributed by atoms with van der Waals surface area (Å²) in [6, 6.07) is 0. The van der Waals surface area contributed by atoms with Crippen LogP contribution in [0.15, 0.2) is 0 Å². The lowest BCUT2D eigenvalue weighted by Gasteiger charge is -2.55. The summed E-state index contributed by atoms with van der Waals surface area (Å²) in [5, 5.41) is 0. The van der Waals surface area contributed by atoms with E-state index in [1.165, 1.54) is 19.3 Å². The van der Waals surface area contributed by atoms with Gasteiger partial charge >= 0.3 is 6.18 Å². The van der Waals surface area contributed by atoms with Gasteiger partial charge in [-0.25, -0.2) is 0 Å². The van der Waals surface area contributed by atoms with Gasteiger partial charge in [-0.15, -0.1) is 0 Å². The Morgan fingerprint density at radius 1 is 1.18 bits per heavy atom. The van der Waals surface area contributed by atoms with Gasteiger partial charge in [0.25, 0.3) is 0 Å². The molecule has 0 radical (unpaired) electrons. The van der Waals surface area contributed by atoms with Gasteiger partial charge in [0.15, 0.2) is 0 Å². The van der Waals surface area contributed by atoms with Gasteiger partial charge in [-0.2, -0.15) is 13.2 Å². The molecule has 2 fully saturated rings. The summed E-state index contributed by atoms with van der Waals surface area (Å²) < 4.78 is 41.6. The first-order chi connectivity index (χ1) is 7.94. The average Bonchev–Trinajstić information content (AvgIpc) is 2.28. The van der Waals surface area contributed by atoms with Crippen LogP contribution in [0.25, 0.3) is 0 Å². The third-order valence-electron chi connectivity index (χ3n) is 4.18. The van der Waals surface area contributed by atoms with Crippen LogP contribution in [0.4, 0.5) is 13.2 Å². The molecule has 0 N–H and O–H groups in total. The number of hydrogen-bond donors (Lipinski definition) is 0. The van der Waals surface area contributed by atoms with Crippen molar-refractivity contribution in [3.8, 4) is 0 Å². The highest BCUT2D eigenvalue weighted by atomic mass is 79.9. The van der Waals surface area contributed by atoms with Gasteiger partial charge in [-0.05, 0) is 19.3 Å². The van der Waals surface area contributed by atoms with Crippen molar-refractivity contribution in [3.05, 3.63) is 0 Å². The highest BCUT2D eigenvalue weighted by Gasteiger charge is 2.54. The summed E-state index contributed by atoms with van der Waals surface area (Å²) >= 11 is 3.65. The van der Waals surface area contributed by atoms with Crippen LogP contribution in [-0.4, -0.2) is 23.7 Å². The maximum atomic E-state index is 12.0. The molecule has 5 heteroatoms. The number of rotatable bonds is 3. The summed E-state index contributed by atoms with van der Waals surface area (Å²) in [6.45, 7) is -0.185. The van der Waals surface area contributed by atoms with E-state index < -0.39 is 12.6 Å². The van der Waals surface area contributed by atoms with Crippen molar-refractivity contribution in [2.45, 2.75) is 62.1 Å². The molecule has 0 aromatic carbocycles. The first-order valence-corrected chi connectivity index (χ1v) is 7.18. The van der Waals surface area contributed by atoms with Gasteiger partial charge in [0.1, 0.15) is 0 Å². The van der Waals surface area contributed by atoms with E-state index in [4.69, 9.17) is 4.74 Å². The zero-order valence-electron chi connectivity index (χ0n) is 9.73. The fourth-order valence-corrected chi connectivity index (χ4v) is 4.19. The molecule has 0 bridgehead atoms. The van der Waals surface area contributed by atoms with Crippen molar-refractivity contribution in [2.24, 2.45) is 5.41 Å². The van der Waals surface area contributed by atoms with Gasteiger partial charge in [0, 0.05) is 10.2 Å². The number of alkyl halides is 4. The fraction of sp³-hybridized carbons (Fsp3) is 1.00. The molecule has 100 valence electrons. The van der Waals surface area contributed by atoms with Gasteiger partial charge in [-0.3, -0.25) is 0 Å². The van der Waals surface area contributed by atoms with Crippen LogP contribution < -0.4 is 0 Å². The minimum Gasteiger partial charge on any atom is -0.377 e. The molecular formula is C12H18BrF3O. The van der Waals surface area contributed by atoms with Crippen LogP contribution in [0.1, 0.15) is 44.9 Å². The Labute approximate surface area is 108 Å². The molecule has 17 heavy (non-hydrogen) atoms. The predicted molar refractivity (Wildman–Crippen MR) is 63.3 cm³/mol. The molecule has 2 aliphatic carbocycles. The summed E-state index contributed by atoms with van der Waals surface area (Å²) in [7, 11) is 0. The lowest BCUT2D eigenvalue weighted by atomic mass is 9.58. The van der Waals surface area contributed by atoms with Gasteiger partial charge < -0.3 is 4.74 Å². The molecule has 0 heterocycles.